The molecule has 4 rings (SSSR count). The molecule has 108 valence electrons. The molecule has 20 heavy (non-hydrogen) atoms. The molecule has 0 saturated carbocycles. The number of hydrogen-bond acceptors (Lipinski definition) is 4. The minimum atomic E-state index is 0.0110. The first kappa shape index (κ1) is 14.0. The largest absolute Gasteiger partial charge is 0.312 e. The second-order valence-corrected chi connectivity index (χ2v) is 6.57. The summed E-state index contributed by atoms with van der Waals surface area (Å²) < 4.78 is 0.916. The summed E-state index contributed by atoms with van der Waals surface area (Å²) >= 11 is 3.37. The monoisotopic (exact) mass is 338 g/mol. The minimum absolute atomic E-state index is 0.0110. The highest BCUT2D eigenvalue weighted by Crippen LogP contribution is 2.21. The fraction of sp³-hybridized carbons (Fsp3) is 0.571. The normalized spacial score (nSPS) is 26.2. The molecule has 0 radical (unpaired) electrons. The SMILES string of the molecule is O=C(CN1CC2CCC(C1)NC2)Nc1cc(Br)ccn1. The van der Waals surface area contributed by atoms with Crippen LogP contribution in [0.4, 0.5) is 5.82 Å². The van der Waals surface area contributed by atoms with Gasteiger partial charge in [-0.05, 0) is 37.4 Å². The molecular formula is C14H19BrN4O. The molecule has 0 spiro atoms. The highest BCUT2D eigenvalue weighted by molar-refractivity contribution is 9.10. The minimum Gasteiger partial charge on any atom is -0.312 e. The van der Waals surface area contributed by atoms with Crippen molar-refractivity contribution < 1.29 is 4.79 Å². The Balaban J connectivity index is 1.56. The second kappa shape index (κ2) is 6.20. The number of nitrogens with zero attached hydrogens (tertiary/aromatic N) is 2. The fourth-order valence-electron chi connectivity index (χ4n) is 3.03. The number of nitrogens with one attached hydrogen (secondary N) is 2. The number of carbonyl (C=O) groups excluding carboxylic acids is 1. The lowest BCUT2D eigenvalue weighted by molar-refractivity contribution is -0.117. The van der Waals surface area contributed by atoms with Crippen molar-refractivity contribution in [2.75, 3.05) is 31.5 Å². The van der Waals surface area contributed by atoms with Crippen LogP contribution in [-0.2, 0) is 4.79 Å². The van der Waals surface area contributed by atoms with Crippen molar-refractivity contribution in [3.05, 3.63) is 22.8 Å². The zero-order valence-corrected chi connectivity index (χ0v) is 12.9. The molecule has 3 aliphatic heterocycles. The molecule has 2 unspecified atom stereocenters. The molecule has 6 heteroatoms. The molecule has 2 N–H and O–H groups in total. The molecule has 3 saturated heterocycles. The summed E-state index contributed by atoms with van der Waals surface area (Å²) in [5, 5.41) is 6.41. The van der Waals surface area contributed by atoms with Gasteiger partial charge in [0.05, 0.1) is 6.54 Å². The Labute approximate surface area is 127 Å². The van der Waals surface area contributed by atoms with E-state index in [0.717, 1.165) is 24.1 Å². The average molecular weight is 339 g/mol. The van der Waals surface area contributed by atoms with Gasteiger partial charge in [-0.3, -0.25) is 9.69 Å². The van der Waals surface area contributed by atoms with Gasteiger partial charge < -0.3 is 10.6 Å². The number of rotatable bonds is 3. The Morgan fingerprint density at radius 2 is 2.40 bits per heavy atom. The van der Waals surface area contributed by atoms with Gasteiger partial charge in [0.1, 0.15) is 5.82 Å². The van der Waals surface area contributed by atoms with Crippen molar-refractivity contribution in [1.82, 2.24) is 15.2 Å². The molecule has 3 fully saturated rings. The first-order chi connectivity index (χ1) is 9.69. The van der Waals surface area contributed by atoms with Crippen molar-refractivity contribution >= 4 is 27.7 Å². The number of halogens is 1. The van der Waals surface area contributed by atoms with Crippen molar-refractivity contribution in [1.29, 1.82) is 0 Å². The van der Waals surface area contributed by atoms with E-state index in [1.54, 1.807) is 6.20 Å². The van der Waals surface area contributed by atoms with Crippen LogP contribution in [0, 0.1) is 5.92 Å². The molecule has 2 atom stereocenters. The van der Waals surface area contributed by atoms with Crippen LogP contribution < -0.4 is 10.6 Å². The Hall–Kier alpha value is -0.980. The third kappa shape index (κ3) is 3.56. The zero-order chi connectivity index (χ0) is 13.9. The molecule has 1 aromatic rings. The molecular weight excluding hydrogens is 320 g/mol. The maximum Gasteiger partial charge on any atom is 0.239 e. The first-order valence-electron chi connectivity index (χ1n) is 7.06. The van der Waals surface area contributed by atoms with E-state index < -0.39 is 0 Å². The lowest BCUT2D eigenvalue weighted by Gasteiger charge is -2.23. The second-order valence-electron chi connectivity index (χ2n) is 5.65. The summed E-state index contributed by atoms with van der Waals surface area (Å²) in [6.45, 7) is 3.53. The summed E-state index contributed by atoms with van der Waals surface area (Å²) in [5.74, 6) is 1.29. The molecule has 2 bridgehead atoms. The molecule has 1 aromatic heterocycles. The van der Waals surface area contributed by atoms with Crippen LogP contribution in [0.5, 0.6) is 0 Å². The highest BCUT2D eigenvalue weighted by Gasteiger charge is 2.29. The van der Waals surface area contributed by atoms with Crippen LogP contribution in [-0.4, -0.2) is 48.0 Å². The van der Waals surface area contributed by atoms with Crippen LogP contribution in [0.2, 0.25) is 0 Å². The van der Waals surface area contributed by atoms with Crippen LogP contribution in [0.1, 0.15) is 12.8 Å². The Morgan fingerprint density at radius 1 is 1.50 bits per heavy atom. The number of hydrogen-bond donors (Lipinski definition) is 2. The van der Waals surface area contributed by atoms with Gasteiger partial charge in [-0.2, -0.15) is 0 Å². The van der Waals surface area contributed by atoms with Gasteiger partial charge in [0.15, 0.2) is 0 Å². The summed E-state index contributed by atoms with van der Waals surface area (Å²) in [6, 6.07) is 4.20. The lowest BCUT2D eigenvalue weighted by atomic mass is 9.97. The first-order valence-corrected chi connectivity index (χ1v) is 7.85. The molecule has 4 heterocycles. The van der Waals surface area contributed by atoms with E-state index in [2.05, 4.69) is 36.4 Å². The number of carbonyl (C=O) groups is 1. The Kier molecular flexibility index (Phi) is 4.33. The zero-order valence-electron chi connectivity index (χ0n) is 11.3. The van der Waals surface area contributed by atoms with Crippen molar-refractivity contribution in [3.8, 4) is 0 Å². The molecule has 1 amide bonds. The van der Waals surface area contributed by atoms with Gasteiger partial charge >= 0.3 is 0 Å². The van der Waals surface area contributed by atoms with E-state index in [1.165, 1.54) is 12.8 Å². The molecule has 3 aliphatic rings. The van der Waals surface area contributed by atoms with E-state index in [0.29, 0.717) is 24.3 Å². The van der Waals surface area contributed by atoms with E-state index in [-0.39, 0.29) is 5.91 Å². The standard InChI is InChI=1S/C14H19BrN4O/c15-11-3-4-16-13(5-11)18-14(20)9-19-7-10-1-2-12(8-19)17-6-10/h3-5,10,12,17H,1-2,6-9H2,(H,16,18,20). The van der Waals surface area contributed by atoms with Gasteiger partial charge in [-0.25, -0.2) is 4.98 Å². The topological polar surface area (TPSA) is 57.3 Å². The predicted molar refractivity (Wildman–Crippen MR) is 81.5 cm³/mol. The number of aromatic nitrogens is 1. The van der Waals surface area contributed by atoms with Crippen molar-refractivity contribution in [2.45, 2.75) is 18.9 Å². The third-order valence-electron chi connectivity index (χ3n) is 3.97. The Bertz CT molecular complexity index is 474. The highest BCUT2D eigenvalue weighted by atomic mass is 79.9. The Morgan fingerprint density at radius 3 is 3.15 bits per heavy atom. The van der Waals surface area contributed by atoms with Crippen LogP contribution in [0.15, 0.2) is 22.8 Å². The van der Waals surface area contributed by atoms with Crippen LogP contribution >= 0.6 is 15.9 Å². The van der Waals surface area contributed by atoms with Gasteiger partial charge in [-0.1, -0.05) is 15.9 Å². The van der Waals surface area contributed by atoms with E-state index in [4.69, 9.17) is 0 Å². The summed E-state index contributed by atoms with van der Waals surface area (Å²) in [4.78, 5) is 18.5. The van der Waals surface area contributed by atoms with E-state index in [9.17, 15) is 4.79 Å². The predicted octanol–water partition coefficient (Wildman–Crippen LogP) is 1.47. The summed E-state index contributed by atoms with van der Waals surface area (Å²) in [7, 11) is 0. The molecule has 0 aliphatic carbocycles. The average Bonchev–Trinajstić information content (AvgIpc) is 2.70. The quantitative estimate of drug-likeness (QED) is 0.876. The third-order valence-corrected chi connectivity index (χ3v) is 4.46. The van der Waals surface area contributed by atoms with Gasteiger partial charge in [0.2, 0.25) is 5.91 Å². The van der Waals surface area contributed by atoms with E-state index in [1.807, 2.05) is 12.1 Å². The number of fused-ring (bicyclic) bond motifs is 4. The van der Waals surface area contributed by atoms with Crippen LogP contribution in [0.25, 0.3) is 0 Å². The number of amides is 1. The smallest absolute Gasteiger partial charge is 0.239 e. The van der Waals surface area contributed by atoms with Gasteiger partial charge in [0, 0.05) is 29.8 Å². The van der Waals surface area contributed by atoms with Crippen molar-refractivity contribution in [2.24, 2.45) is 5.92 Å². The fourth-order valence-corrected chi connectivity index (χ4v) is 3.36. The number of pyridine rings is 1. The van der Waals surface area contributed by atoms with Crippen molar-refractivity contribution in [3.63, 3.8) is 0 Å². The van der Waals surface area contributed by atoms with Gasteiger partial charge in [0.25, 0.3) is 0 Å². The molecule has 0 aromatic carbocycles. The molecule has 5 nitrogen and oxygen atoms in total. The number of piperidine rings is 1. The van der Waals surface area contributed by atoms with E-state index >= 15 is 0 Å². The maximum atomic E-state index is 12.1. The summed E-state index contributed by atoms with van der Waals surface area (Å²) in [5.41, 5.74) is 0. The van der Waals surface area contributed by atoms with Gasteiger partial charge in [-0.15, -0.1) is 0 Å². The summed E-state index contributed by atoms with van der Waals surface area (Å²) in [6.07, 6.45) is 4.19. The lowest BCUT2D eigenvalue weighted by Crippen LogP contribution is -2.40. The number of anilines is 1. The van der Waals surface area contributed by atoms with Crippen LogP contribution in [0.3, 0.4) is 0 Å². The maximum absolute atomic E-state index is 12.1.